The van der Waals surface area contributed by atoms with Gasteiger partial charge in [-0.2, -0.15) is 5.26 Å². The molecule has 2 aromatic carbocycles. The Labute approximate surface area is 232 Å². The fourth-order valence-electron chi connectivity index (χ4n) is 4.20. The maximum Gasteiger partial charge on any atom is 0.412 e. The van der Waals surface area contributed by atoms with Crippen molar-refractivity contribution in [3.63, 3.8) is 0 Å². The summed E-state index contributed by atoms with van der Waals surface area (Å²) in [6, 6.07) is 10.9. The van der Waals surface area contributed by atoms with Crippen LogP contribution in [-0.4, -0.2) is 50.4 Å². The first-order chi connectivity index (χ1) is 19.2. The van der Waals surface area contributed by atoms with Gasteiger partial charge in [0.2, 0.25) is 5.88 Å². The molecule has 2 atom stereocenters. The summed E-state index contributed by atoms with van der Waals surface area (Å²) in [7, 11) is 1.48. The number of aromatic nitrogens is 4. The Morgan fingerprint density at radius 1 is 1.12 bits per heavy atom. The van der Waals surface area contributed by atoms with Crippen molar-refractivity contribution in [3.8, 4) is 28.3 Å². The second-order valence-electron chi connectivity index (χ2n) is 9.06. The first-order valence-corrected chi connectivity index (χ1v) is 13.0. The van der Waals surface area contributed by atoms with Crippen molar-refractivity contribution >= 4 is 44.4 Å². The molecule has 0 spiro atoms. The first kappa shape index (κ1) is 26.7. The van der Waals surface area contributed by atoms with Crippen LogP contribution in [-0.2, 0) is 0 Å². The van der Waals surface area contributed by atoms with Gasteiger partial charge in [0.1, 0.15) is 11.1 Å². The Balaban J connectivity index is 1.48. The van der Waals surface area contributed by atoms with Gasteiger partial charge in [-0.15, -0.1) is 11.3 Å². The van der Waals surface area contributed by atoms with Gasteiger partial charge in [-0.25, -0.2) is 24.1 Å². The van der Waals surface area contributed by atoms with Crippen molar-refractivity contribution in [1.29, 1.82) is 5.26 Å². The number of methoxy groups -OCH3 is 1. The zero-order valence-electron chi connectivity index (χ0n) is 21.9. The van der Waals surface area contributed by atoms with Crippen molar-refractivity contribution in [2.24, 2.45) is 0 Å². The number of hydrogen-bond donors (Lipinski definition) is 1. The number of nitriles is 1. The molecule has 0 aliphatic heterocycles. The third-order valence-electron chi connectivity index (χ3n) is 6.41. The average Bonchev–Trinajstić information content (AvgIpc) is 3.35. The number of nitrogens with zero attached hydrogens (tertiary/aromatic N) is 6. The second kappa shape index (κ2) is 10.7. The maximum absolute atomic E-state index is 15.2. The highest BCUT2D eigenvalue weighted by atomic mass is 32.1. The zero-order chi connectivity index (χ0) is 28.6. The summed E-state index contributed by atoms with van der Waals surface area (Å²) in [5, 5.41) is 19.9. The van der Waals surface area contributed by atoms with Crippen molar-refractivity contribution < 1.29 is 23.8 Å². The second-order valence-corrected chi connectivity index (χ2v) is 10.1. The van der Waals surface area contributed by atoms with E-state index in [2.05, 4.69) is 26.0 Å². The van der Waals surface area contributed by atoms with E-state index in [1.165, 1.54) is 36.9 Å². The smallest absolute Gasteiger partial charge is 0.412 e. The zero-order valence-corrected chi connectivity index (χ0v) is 22.7. The number of benzene rings is 2. The van der Waals surface area contributed by atoms with Crippen LogP contribution >= 0.6 is 11.3 Å². The van der Waals surface area contributed by atoms with Crippen LogP contribution in [0.5, 0.6) is 11.6 Å². The minimum absolute atomic E-state index is 0.0328. The molecule has 12 heteroatoms. The molecule has 10 nitrogen and oxygen atoms in total. The summed E-state index contributed by atoms with van der Waals surface area (Å²) < 4.78 is 26.9. The van der Waals surface area contributed by atoms with Gasteiger partial charge in [-0.1, -0.05) is 0 Å². The van der Waals surface area contributed by atoms with E-state index >= 15 is 4.39 Å². The fourth-order valence-corrected chi connectivity index (χ4v) is 5.19. The molecule has 3 aromatic heterocycles. The van der Waals surface area contributed by atoms with Crippen LogP contribution in [0.4, 0.5) is 14.9 Å². The predicted molar refractivity (Wildman–Crippen MR) is 148 cm³/mol. The number of aryl methyl sites for hydroxylation is 1. The minimum atomic E-state index is -1.18. The Kier molecular flexibility index (Phi) is 7.15. The third-order valence-corrected chi connectivity index (χ3v) is 7.47. The molecule has 1 amide bonds. The van der Waals surface area contributed by atoms with Gasteiger partial charge in [-0.05, 0) is 45.0 Å². The molecule has 0 aliphatic rings. The van der Waals surface area contributed by atoms with E-state index in [0.717, 1.165) is 10.6 Å². The van der Waals surface area contributed by atoms with Gasteiger partial charge in [0.15, 0.2) is 11.6 Å². The predicted octanol–water partition coefficient (Wildman–Crippen LogP) is 5.97. The molecule has 0 saturated carbocycles. The Bertz CT molecular complexity index is 1790. The van der Waals surface area contributed by atoms with E-state index in [9.17, 15) is 15.2 Å². The van der Waals surface area contributed by atoms with E-state index in [-0.39, 0.29) is 5.75 Å². The number of carbonyl (C=O) groups is 1. The summed E-state index contributed by atoms with van der Waals surface area (Å²) in [6.45, 7) is 5.17. The van der Waals surface area contributed by atoms with Crippen LogP contribution in [0.3, 0.4) is 0 Å². The Morgan fingerprint density at radius 2 is 1.93 bits per heavy atom. The molecule has 5 rings (SSSR count). The molecule has 40 heavy (non-hydrogen) atoms. The van der Waals surface area contributed by atoms with Gasteiger partial charge in [0.25, 0.3) is 0 Å². The number of hydrogen-bond acceptors (Lipinski definition) is 9. The number of halogens is 1. The van der Waals surface area contributed by atoms with Crippen molar-refractivity contribution in [2.45, 2.75) is 32.9 Å². The quantitative estimate of drug-likeness (QED) is 0.256. The lowest BCUT2D eigenvalue weighted by molar-refractivity contribution is 0.167. The number of rotatable bonds is 7. The average molecular weight is 559 g/mol. The molecular formula is C28H23FN6O4S. The normalized spacial score (nSPS) is 12.6. The summed E-state index contributed by atoms with van der Waals surface area (Å²) in [4.78, 5) is 30.8. The van der Waals surface area contributed by atoms with Gasteiger partial charge in [-0.3, -0.25) is 9.88 Å². The number of thiazole rings is 1. The molecular weight excluding hydrogens is 535 g/mol. The van der Waals surface area contributed by atoms with Crippen LogP contribution < -0.4 is 14.4 Å². The SMILES string of the molecule is COc1cnc2c(-c3nc4cc(F)c(O[C@@H](C)[C@@H](C)N(C(=O)O)c5ccc(C)nc5)cc4s3)cc(C#N)cc2n1. The number of ether oxygens (including phenoxy) is 2. The van der Waals surface area contributed by atoms with Crippen molar-refractivity contribution in [1.82, 2.24) is 19.9 Å². The lowest BCUT2D eigenvalue weighted by Gasteiger charge is -2.31. The maximum atomic E-state index is 15.2. The van der Waals surface area contributed by atoms with E-state index in [1.807, 2.05) is 0 Å². The highest BCUT2D eigenvalue weighted by Crippen LogP contribution is 2.37. The van der Waals surface area contributed by atoms with E-state index < -0.39 is 24.1 Å². The number of carboxylic acid groups (broad SMARTS) is 1. The molecule has 1 N–H and O–H groups in total. The van der Waals surface area contributed by atoms with Crippen LogP contribution in [0.25, 0.3) is 31.8 Å². The summed E-state index contributed by atoms with van der Waals surface area (Å²) >= 11 is 1.28. The number of amides is 1. The minimum Gasteiger partial charge on any atom is -0.485 e. The molecule has 5 aromatic rings. The fraction of sp³-hybridized carbons (Fsp3) is 0.214. The number of anilines is 1. The monoisotopic (exact) mass is 558 g/mol. The molecule has 0 aliphatic carbocycles. The van der Waals surface area contributed by atoms with Crippen LogP contribution in [0.15, 0.2) is 48.8 Å². The highest BCUT2D eigenvalue weighted by molar-refractivity contribution is 7.21. The van der Waals surface area contributed by atoms with E-state index in [1.54, 1.807) is 51.1 Å². The highest BCUT2D eigenvalue weighted by Gasteiger charge is 2.28. The molecule has 0 saturated heterocycles. The summed E-state index contributed by atoms with van der Waals surface area (Å²) in [6.07, 6.45) is 1.07. The standard InChI is InChI=1S/C28H23FN6O4S/c1-14-5-6-18(12-31-14)35(28(36)37)15(2)16(3)39-23-10-24-21(9-20(23)29)34-27(40-24)19-7-17(11-30)8-22-26(19)32-13-25(33-22)38-4/h5-10,12-13,15-16H,1-4H3,(H,36,37)/t15-,16+/m1/s1. The van der Waals surface area contributed by atoms with Gasteiger partial charge >= 0.3 is 6.09 Å². The molecule has 0 bridgehead atoms. The molecule has 0 unspecified atom stereocenters. The molecule has 3 heterocycles. The van der Waals surface area contributed by atoms with E-state index in [4.69, 9.17) is 9.47 Å². The summed E-state index contributed by atoms with van der Waals surface area (Å²) in [5.41, 5.74) is 3.49. The number of fused-ring (bicyclic) bond motifs is 2. The lowest BCUT2D eigenvalue weighted by Crippen LogP contribution is -2.46. The van der Waals surface area contributed by atoms with E-state index in [0.29, 0.717) is 49.0 Å². The molecule has 0 radical (unpaired) electrons. The van der Waals surface area contributed by atoms with Crippen LogP contribution in [0.1, 0.15) is 25.1 Å². The first-order valence-electron chi connectivity index (χ1n) is 12.1. The van der Waals surface area contributed by atoms with Crippen molar-refractivity contribution in [2.75, 3.05) is 12.0 Å². The van der Waals surface area contributed by atoms with Gasteiger partial charge in [0.05, 0.1) is 64.1 Å². The largest absolute Gasteiger partial charge is 0.485 e. The molecule has 202 valence electrons. The van der Waals surface area contributed by atoms with Crippen LogP contribution in [0.2, 0.25) is 0 Å². The lowest BCUT2D eigenvalue weighted by atomic mass is 10.1. The number of pyridine rings is 1. The molecule has 0 fully saturated rings. The van der Waals surface area contributed by atoms with Crippen LogP contribution in [0, 0.1) is 24.1 Å². The topological polar surface area (TPSA) is 134 Å². The Morgan fingerprint density at radius 3 is 2.60 bits per heavy atom. The summed E-state index contributed by atoms with van der Waals surface area (Å²) in [5.74, 6) is -0.359. The van der Waals surface area contributed by atoms with Gasteiger partial charge in [0, 0.05) is 23.4 Å². The van der Waals surface area contributed by atoms with Gasteiger partial charge < -0.3 is 14.6 Å². The Hall–Kier alpha value is -4.89. The third kappa shape index (κ3) is 5.06. The van der Waals surface area contributed by atoms with Crippen molar-refractivity contribution in [3.05, 3.63) is 65.9 Å².